The summed E-state index contributed by atoms with van der Waals surface area (Å²) < 4.78 is 0. The smallest absolute Gasteiger partial charge is 0.0347 e. The van der Waals surface area contributed by atoms with Crippen LogP contribution in [0.4, 0.5) is 5.69 Å². The Balaban J connectivity index is 2.78. The summed E-state index contributed by atoms with van der Waals surface area (Å²) in [6.45, 7) is 8.69. The second-order valence-corrected chi connectivity index (χ2v) is 3.05. The van der Waals surface area contributed by atoms with E-state index in [1.54, 1.807) is 0 Å². The molecule has 0 fully saturated rings. The number of nitrogens with one attached hydrogen (secondary N) is 1. The van der Waals surface area contributed by atoms with Gasteiger partial charge in [0.15, 0.2) is 0 Å². The highest BCUT2D eigenvalue weighted by atomic mass is 14.8. The van der Waals surface area contributed by atoms with Gasteiger partial charge in [-0.25, -0.2) is 0 Å². The fourth-order valence-corrected chi connectivity index (χ4v) is 1.27. The maximum absolute atomic E-state index is 3.66. The quantitative estimate of drug-likeness (QED) is 0.672. The Kier molecular flexibility index (Phi) is 2.92. The van der Waals surface area contributed by atoms with Crippen LogP contribution in [0.2, 0.25) is 0 Å². The number of anilines is 1. The van der Waals surface area contributed by atoms with Crippen LogP contribution >= 0.6 is 0 Å². The van der Waals surface area contributed by atoms with Crippen LogP contribution in [0.5, 0.6) is 0 Å². The van der Waals surface area contributed by atoms with E-state index in [2.05, 4.69) is 43.9 Å². The first kappa shape index (κ1) is 8.85. The average Bonchev–Trinajstić information content (AvgIpc) is 1.99. The summed E-state index contributed by atoms with van der Waals surface area (Å²) in [5, 5.41) is 3.26. The Morgan fingerprint density at radius 3 is 2.33 bits per heavy atom. The van der Waals surface area contributed by atoms with Crippen LogP contribution in [0.1, 0.15) is 11.1 Å². The van der Waals surface area contributed by atoms with Crippen molar-refractivity contribution in [2.24, 2.45) is 0 Å². The van der Waals surface area contributed by atoms with Gasteiger partial charge in [-0.2, -0.15) is 0 Å². The van der Waals surface area contributed by atoms with E-state index in [0.717, 1.165) is 6.54 Å². The van der Waals surface area contributed by atoms with Gasteiger partial charge in [-0.05, 0) is 37.1 Å². The molecule has 1 rings (SSSR count). The van der Waals surface area contributed by atoms with Crippen LogP contribution in [0.15, 0.2) is 30.9 Å². The van der Waals surface area contributed by atoms with Crippen molar-refractivity contribution >= 4 is 5.69 Å². The Morgan fingerprint density at radius 2 is 1.83 bits per heavy atom. The third-order valence-corrected chi connectivity index (χ3v) is 1.67. The number of benzene rings is 1. The number of aryl methyl sites for hydroxylation is 2. The summed E-state index contributed by atoms with van der Waals surface area (Å²) in [4.78, 5) is 0. The van der Waals surface area contributed by atoms with Crippen LogP contribution in [0.3, 0.4) is 0 Å². The monoisotopic (exact) mass is 161 g/mol. The van der Waals surface area contributed by atoms with E-state index in [1.807, 2.05) is 6.08 Å². The largest absolute Gasteiger partial charge is 0.382 e. The van der Waals surface area contributed by atoms with Crippen molar-refractivity contribution in [3.05, 3.63) is 42.0 Å². The molecule has 0 atom stereocenters. The van der Waals surface area contributed by atoms with Gasteiger partial charge >= 0.3 is 0 Å². The van der Waals surface area contributed by atoms with Gasteiger partial charge in [0.2, 0.25) is 0 Å². The molecular weight excluding hydrogens is 146 g/mol. The molecule has 0 saturated heterocycles. The van der Waals surface area contributed by atoms with Crippen molar-refractivity contribution in [2.45, 2.75) is 13.8 Å². The normalized spacial score (nSPS) is 9.50. The highest BCUT2D eigenvalue weighted by Gasteiger charge is 1.92. The molecule has 12 heavy (non-hydrogen) atoms. The van der Waals surface area contributed by atoms with Gasteiger partial charge in [-0.1, -0.05) is 12.1 Å². The topological polar surface area (TPSA) is 12.0 Å². The van der Waals surface area contributed by atoms with Crippen LogP contribution in [0, 0.1) is 13.8 Å². The molecule has 0 spiro atoms. The minimum atomic E-state index is 0.822. The molecule has 1 nitrogen and oxygen atoms in total. The molecule has 64 valence electrons. The van der Waals surface area contributed by atoms with Gasteiger partial charge in [-0.3, -0.25) is 0 Å². The molecule has 0 saturated carbocycles. The molecule has 0 aliphatic carbocycles. The van der Waals surface area contributed by atoms with Crippen molar-refractivity contribution in [2.75, 3.05) is 11.9 Å². The zero-order chi connectivity index (χ0) is 8.97. The molecule has 1 heteroatoms. The summed E-state index contributed by atoms with van der Waals surface area (Å²) in [5.41, 5.74) is 3.76. The van der Waals surface area contributed by atoms with Gasteiger partial charge < -0.3 is 5.32 Å². The maximum Gasteiger partial charge on any atom is 0.0347 e. The molecule has 0 aliphatic heterocycles. The van der Waals surface area contributed by atoms with Crippen molar-refractivity contribution in [1.82, 2.24) is 0 Å². The summed E-state index contributed by atoms with van der Waals surface area (Å²) in [7, 11) is 0. The van der Waals surface area contributed by atoms with Crippen LogP contribution in [-0.4, -0.2) is 6.54 Å². The van der Waals surface area contributed by atoms with E-state index in [9.17, 15) is 0 Å². The van der Waals surface area contributed by atoms with Gasteiger partial charge in [0.1, 0.15) is 0 Å². The Labute approximate surface area is 74.1 Å². The lowest BCUT2D eigenvalue weighted by Crippen LogP contribution is -1.97. The highest BCUT2D eigenvalue weighted by Crippen LogP contribution is 2.12. The fourth-order valence-electron chi connectivity index (χ4n) is 1.27. The van der Waals surface area contributed by atoms with Gasteiger partial charge in [0.05, 0.1) is 0 Å². The van der Waals surface area contributed by atoms with Crippen LogP contribution in [0.25, 0.3) is 0 Å². The zero-order valence-electron chi connectivity index (χ0n) is 7.72. The summed E-state index contributed by atoms with van der Waals surface area (Å²) in [5.74, 6) is 0. The molecule has 0 aromatic heterocycles. The lowest BCUT2D eigenvalue weighted by molar-refractivity contribution is 1.30. The predicted molar refractivity (Wildman–Crippen MR) is 54.6 cm³/mol. The summed E-state index contributed by atoms with van der Waals surface area (Å²) in [6.07, 6.45) is 1.86. The van der Waals surface area contributed by atoms with Gasteiger partial charge in [0, 0.05) is 12.2 Å². The van der Waals surface area contributed by atoms with Crippen molar-refractivity contribution < 1.29 is 0 Å². The summed E-state index contributed by atoms with van der Waals surface area (Å²) >= 11 is 0. The van der Waals surface area contributed by atoms with Gasteiger partial charge in [-0.15, -0.1) is 6.58 Å². The molecule has 1 N–H and O–H groups in total. The Bertz CT molecular complexity index is 256. The second kappa shape index (κ2) is 3.96. The highest BCUT2D eigenvalue weighted by molar-refractivity contribution is 5.48. The lowest BCUT2D eigenvalue weighted by Gasteiger charge is -2.05. The molecule has 0 bridgehead atoms. The molecule has 1 aromatic rings. The molecular formula is C11H15N. The first-order chi connectivity index (χ1) is 5.72. The minimum Gasteiger partial charge on any atom is -0.382 e. The predicted octanol–water partition coefficient (Wildman–Crippen LogP) is 2.90. The number of hydrogen-bond acceptors (Lipinski definition) is 1. The van der Waals surface area contributed by atoms with E-state index in [4.69, 9.17) is 0 Å². The van der Waals surface area contributed by atoms with E-state index < -0.39 is 0 Å². The number of hydrogen-bond donors (Lipinski definition) is 1. The van der Waals surface area contributed by atoms with Crippen molar-refractivity contribution in [3.8, 4) is 0 Å². The maximum atomic E-state index is 3.66. The third kappa shape index (κ3) is 2.42. The SMILES string of the molecule is C=CCNc1cc(C)cc(C)c1. The van der Waals surface area contributed by atoms with E-state index in [-0.39, 0.29) is 0 Å². The molecule has 0 amide bonds. The lowest BCUT2D eigenvalue weighted by atomic mass is 10.1. The molecule has 1 aromatic carbocycles. The Morgan fingerprint density at radius 1 is 1.25 bits per heavy atom. The van der Waals surface area contributed by atoms with E-state index >= 15 is 0 Å². The Hall–Kier alpha value is -1.24. The molecule has 0 unspecified atom stereocenters. The minimum absolute atomic E-state index is 0.822. The van der Waals surface area contributed by atoms with Crippen molar-refractivity contribution in [1.29, 1.82) is 0 Å². The fraction of sp³-hybridized carbons (Fsp3) is 0.273. The molecule has 0 heterocycles. The third-order valence-electron chi connectivity index (χ3n) is 1.67. The molecule has 0 aliphatic rings. The number of rotatable bonds is 3. The van der Waals surface area contributed by atoms with Crippen LogP contribution < -0.4 is 5.32 Å². The standard InChI is InChI=1S/C11H15N/c1-4-5-12-11-7-9(2)6-10(3)8-11/h4,6-8,12H,1,5H2,2-3H3. The first-order valence-electron chi connectivity index (χ1n) is 4.15. The summed E-state index contributed by atoms with van der Waals surface area (Å²) in [6, 6.07) is 6.44. The van der Waals surface area contributed by atoms with Crippen LogP contribution in [-0.2, 0) is 0 Å². The zero-order valence-corrected chi connectivity index (χ0v) is 7.72. The van der Waals surface area contributed by atoms with E-state index in [1.165, 1.54) is 16.8 Å². The first-order valence-corrected chi connectivity index (χ1v) is 4.15. The second-order valence-electron chi connectivity index (χ2n) is 3.05. The molecule has 0 radical (unpaired) electrons. The average molecular weight is 161 g/mol. The van der Waals surface area contributed by atoms with Gasteiger partial charge in [0.25, 0.3) is 0 Å². The van der Waals surface area contributed by atoms with E-state index in [0.29, 0.717) is 0 Å². The van der Waals surface area contributed by atoms with Crippen molar-refractivity contribution in [3.63, 3.8) is 0 Å².